The molecule has 114 valence electrons. The Hall–Kier alpha value is -2.78. The molecular weight excluding hydrogens is 295 g/mol. The molecular formula is C11H10F3N3O4. The minimum atomic E-state index is -4.68. The van der Waals surface area contributed by atoms with Gasteiger partial charge in [-0.15, -0.1) is 0 Å². The van der Waals surface area contributed by atoms with Crippen molar-refractivity contribution in [2.75, 3.05) is 11.9 Å². The van der Waals surface area contributed by atoms with Gasteiger partial charge in [-0.25, -0.2) is 4.79 Å². The van der Waals surface area contributed by atoms with Gasteiger partial charge in [0.1, 0.15) is 0 Å². The lowest BCUT2D eigenvalue weighted by atomic mass is 10.1. The molecule has 0 heterocycles. The zero-order valence-electron chi connectivity index (χ0n) is 10.4. The first-order chi connectivity index (χ1) is 9.58. The number of nitrogens with two attached hydrogens (primary N) is 2. The van der Waals surface area contributed by atoms with Crippen molar-refractivity contribution < 1.29 is 32.3 Å². The van der Waals surface area contributed by atoms with Crippen molar-refractivity contribution in [3.05, 3.63) is 29.3 Å². The normalized spacial score (nSPS) is 10.8. The highest BCUT2D eigenvalue weighted by Crippen LogP contribution is 2.17. The Bertz CT molecular complexity index is 554. The standard InChI is InChI=1S/C11H10F3N3O4/c12-11(13,14)4-21-10(20)17-7-2-5(8(15)18)1-6(3-7)9(16)19/h1-3H,4H2,(H2,15,18)(H2,16,19)(H,17,20). The van der Waals surface area contributed by atoms with Crippen molar-refractivity contribution in [2.24, 2.45) is 11.5 Å². The molecule has 10 heteroatoms. The second kappa shape index (κ2) is 6.11. The molecule has 0 fully saturated rings. The molecule has 7 nitrogen and oxygen atoms in total. The number of halogens is 3. The second-order valence-corrected chi connectivity index (χ2v) is 3.84. The van der Waals surface area contributed by atoms with Gasteiger partial charge < -0.3 is 16.2 Å². The van der Waals surface area contributed by atoms with Crippen LogP contribution in [0.2, 0.25) is 0 Å². The monoisotopic (exact) mass is 305 g/mol. The highest BCUT2D eigenvalue weighted by molar-refractivity contribution is 6.01. The summed E-state index contributed by atoms with van der Waals surface area (Å²) in [6, 6.07) is 3.20. The van der Waals surface area contributed by atoms with Gasteiger partial charge in [-0.1, -0.05) is 0 Å². The van der Waals surface area contributed by atoms with E-state index in [0.29, 0.717) is 0 Å². The van der Waals surface area contributed by atoms with Crippen LogP contribution in [0.5, 0.6) is 0 Å². The molecule has 1 rings (SSSR count). The molecule has 0 aromatic heterocycles. The first-order valence-electron chi connectivity index (χ1n) is 5.34. The summed E-state index contributed by atoms with van der Waals surface area (Å²) in [4.78, 5) is 33.3. The lowest BCUT2D eigenvalue weighted by molar-refractivity contribution is -0.159. The van der Waals surface area contributed by atoms with Gasteiger partial charge in [-0.05, 0) is 18.2 Å². The van der Waals surface area contributed by atoms with Crippen LogP contribution in [-0.2, 0) is 4.74 Å². The van der Waals surface area contributed by atoms with E-state index in [9.17, 15) is 27.6 Å². The van der Waals surface area contributed by atoms with Crippen LogP contribution in [0.1, 0.15) is 20.7 Å². The molecule has 5 N–H and O–H groups in total. The number of nitrogens with one attached hydrogen (secondary N) is 1. The van der Waals surface area contributed by atoms with Crippen LogP contribution >= 0.6 is 0 Å². The SMILES string of the molecule is NC(=O)c1cc(NC(=O)OCC(F)(F)F)cc(C(N)=O)c1. The van der Waals surface area contributed by atoms with E-state index in [1.165, 1.54) is 0 Å². The van der Waals surface area contributed by atoms with Crippen LogP contribution < -0.4 is 16.8 Å². The highest BCUT2D eigenvalue weighted by atomic mass is 19.4. The maximum atomic E-state index is 11.9. The largest absolute Gasteiger partial charge is 0.440 e. The quantitative estimate of drug-likeness (QED) is 0.767. The summed E-state index contributed by atoms with van der Waals surface area (Å²) in [6.07, 6.45) is -6.09. The molecule has 0 aliphatic rings. The van der Waals surface area contributed by atoms with E-state index in [1.807, 2.05) is 5.32 Å². The lowest BCUT2D eigenvalue weighted by Crippen LogP contribution is -2.24. The number of amides is 3. The van der Waals surface area contributed by atoms with Crippen molar-refractivity contribution >= 4 is 23.6 Å². The minimum absolute atomic E-state index is 0.155. The number of carbonyl (C=O) groups excluding carboxylic acids is 3. The maximum Gasteiger partial charge on any atom is 0.422 e. The highest BCUT2D eigenvalue weighted by Gasteiger charge is 2.29. The first kappa shape index (κ1) is 16.3. The Morgan fingerprint density at radius 1 is 1.05 bits per heavy atom. The summed E-state index contributed by atoms with van der Waals surface area (Å²) in [7, 11) is 0. The number of anilines is 1. The number of benzene rings is 1. The number of hydrogen-bond donors (Lipinski definition) is 3. The van der Waals surface area contributed by atoms with Gasteiger partial charge in [0.2, 0.25) is 11.8 Å². The summed E-state index contributed by atoms with van der Waals surface area (Å²) in [5, 5.41) is 1.93. The maximum absolute atomic E-state index is 11.9. The Morgan fingerprint density at radius 2 is 1.52 bits per heavy atom. The molecule has 0 radical (unpaired) electrons. The fourth-order valence-electron chi connectivity index (χ4n) is 1.29. The zero-order valence-corrected chi connectivity index (χ0v) is 10.4. The van der Waals surface area contributed by atoms with Crippen molar-refractivity contribution in [1.29, 1.82) is 0 Å². The van der Waals surface area contributed by atoms with E-state index in [0.717, 1.165) is 18.2 Å². The van der Waals surface area contributed by atoms with Crippen LogP contribution in [0.4, 0.5) is 23.7 Å². The second-order valence-electron chi connectivity index (χ2n) is 3.84. The van der Waals surface area contributed by atoms with E-state index in [1.54, 1.807) is 0 Å². The summed E-state index contributed by atoms with van der Waals surface area (Å²) in [5.41, 5.74) is 9.56. The van der Waals surface area contributed by atoms with Crippen molar-refractivity contribution in [2.45, 2.75) is 6.18 Å². The van der Waals surface area contributed by atoms with Gasteiger partial charge in [0.25, 0.3) is 0 Å². The number of rotatable bonds is 4. The van der Waals surface area contributed by atoms with Crippen molar-refractivity contribution in [3.8, 4) is 0 Å². The number of primary amides is 2. The predicted molar refractivity (Wildman–Crippen MR) is 64.5 cm³/mol. The molecule has 1 aromatic carbocycles. The molecule has 0 unspecified atom stereocenters. The van der Waals surface area contributed by atoms with Gasteiger partial charge in [0.15, 0.2) is 6.61 Å². The number of carbonyl (C=O) groups is 3. The number of hydrogen-bond acceptors (Lipinski definition) is 4. The Morgan fingerprint density at radius 3 is 1.90 bits per heavy atom. The first-order valence-corrected chi connectivity index (χ1v) is 5.34. The molecule has 0 aliphatic heterocycles. The van der Waals surface area contributed by atoms with E-state index in [2.05, 4.69) is 4.74 Å². The molecule has 21 heavy (non-hydrogen) atoms. The Balaban J connectivity index is 2.89. The van der Waals surface area contributed by atoms with Crippen LogP contribution in [0, 0.1) is 0 Å². The third kappa shape index (κ3) is 5.38. The molecule has 0 saturated heterocycles. The molecule has 0 bridgehead atoms. The van der Waals surface area contributed by atoms with Crippen LogP contribution in [0.3, 0.4) is 0 Å². The topological polar surface area (TPSA) is 125 Å². The number of ether oxygens (including phenoxy) is 1. The molecule has 0 spiro atoms. The fraction of sp³-hybridized carbons (Fsp3) is 0.182. The molecule has 0 aliphatic carbocycles. The van der Waals surface area contributed by atoms with E-state index in [4.69, 9.17) is 11.5 Å². The lowest BCUT2D eigenvalue weighted by Gasteiger charge is -2.10. The summed E-state index contributed by atoms with van der Waals surface area (Å²) < 4.78 is 39.5. The van der Waals surface area contributed by atoms with Crippen molar-refractivity contribution in [1.82, 2.24) is 0 Å². The van der Waals surface area contributed by atoms with E-state index >= 15 is 0 Å². The van der Waals surface area contributed by atoms with E-state index < -0.39 is 30.7 Å². The predicted octanol–water partition coefficient (Wildman–Crippen LogP) is 0.995. The molecule has 0 atom stereocenters. The van der Waals surface area contributed by atoms with Gasteiger partial charge in [-0.3, -0.25) is 14.9 Å². The van der Waals surface area contributed by atoms with Crippen LogP contribution in [-0.4, -0.2) is 30.7 Å². The van der Waals surface area contributed by atoms with Crippen LogP contribution in [0.25, 0.3) is 0 Å². The third-order valence-corrected chi connectivity index (χ3v) is 2.12. The molecule has 3 amide bonds. The summed E-state index contributed by atoms with van der Waals surface area (Å²) in [6.45, 7) is -1.78. The van der Waals surface area contributed by atoms with Gasteiger partial charge in [0, 0.05) is 16.8 Å². The smallest absolute Gasteiger partial charge is 0.422 e. The molecule has 0 saturated carbocycles. The van der Waals surface area contributed by atoms with Gasteiger partial charge in [-0.2, -0.15) is 13.2 Å². The molecule has 1 aromatic rings. The van der Waals surface area contributed by atoms with Gasteiger partial charge >= 0.3 is 12.3 Å². The van der Waals surface area contributed by atoms with Crippen LogP contribution in [0.15, 0.2) is 18.2 Å². The Labute approximate surface area is 116 Å². The van der Waals surface area contributed by atoms with E-state index in [-0.39, 0.29) is 16.8 Å². The minimum Gasteiger partial charge on any atom is -0.440 e. The number of alkyl halides is 3. The van der Waals surface area contributed by atoms with Gasteiger partial charge in [0.05, 0.1) is 0 Å². The average molecular weight is 305 g/mol. The summed E-state index contributed by atoms with van der Waals surface area (Å²) in [5.74, 6) is -1.82. The Kier molecular flexibility index (Phi) is 4.74. The van der Waals surface area contributed by atoms with Crippen molar-refractivity contribution in [3.63, 3.8) is 0 Å². The third-order valence-electron chi connectivity index (χ3n) is 2.12. The fourth-order valence-corrected chi connectivity index (χ4v) is 1.29. The average Bonchev–Trinajstić information content (AvgIpc) is 2.35. The zero-order chi connectivity index (χ0) is 16.2. The summed E-state index contributed by atoms with van der Waals surface area (Å²) >= 11 is 0.